The Morgan fingerprint density at radius 1 is 0.889 bits per heavy atom. The summed E-state index contributed by atoms with van der Waals surface area (Å²) in [6, 6.07) is 23.0. The number of aliphatic imine (C=N–C) groups is 1. The molecule has 2 N–H and O–H groups in total. The lowest BCUT2D eigenvalue weighted by molar-refractivity contribution is -0.134. The highest BCUT2D eigenvalue weighted by Crippen LogP contribution is 2.39. The van der Waals surface area contributed by atoms with Crippen LogP contribution in [0.1, 0.15) is 24.0 Å². The van der Waals surface area contributed by atoms with Gasteiger partial charge in [-0.05, 0) is 51.7 Å². The molecule has 186 valence electrons. The van der Waals surface area contributed by atoms with Gasteiger partial charge in [0.1, 0.15) is 5.69 Å². The van der Waals surface area contributed by atoms with Crippen molar-refractivity contribution in [2.24, 2.45) is 4.99 Å². The summed E-state index contributed by atoms with van der Waals surface area (Å²) in [7, 11) is 4.25. The minimum Gasteiger partial charge on any atom is -0.478 e. The number of rotatable bonds is 8. The van der Waals surface area contributed by atoms with Crippen molar-refractivity contribution in [3.05, 3.63) is 96.2 Å². The molecule has 0 fully saturated rings. The van der Waals surface area contributed by atoms with Gasteiger partial charge in [0, 0.05) is 36.0 Å². The molecule has 3 aromatic rings. The predicted molar refractivity (Wildman–Crippen MR) is 142 cm³/mol. The molecule has 0 spiro atoms. The molecule has 0 bridgehead atoms. The summed E-state index contributed by atoms with van der Waals surface area (Å²) in [5.74, 6) is -1.58. The van der Waals surface area contributed by atoms with Gasteiger partial charge in [0.05, 0.1) is 11.4 Å². The van der Waals surface area contributed by atoms with Crippen LogP contribution in [-0.2, 0) is 9.59 Å². The van der Waals surface area contributed by atoms with E-state index in [0.717, 1.165) is 54.3 Å². The lowest BCUT2D eigenvalue weighted by atomic mass is 10.00. The van der Waals surface area contributed by atoms with Gasteiger partial charge in [-0.1, -0.05) is 48.5 Å². The van der Waals surface area contributed by atoms with E-state index in [4.69, 9.17) is 20.2 Å². The van der Waals surface area contributed by atoms with E-state index in [9.17, 15) is 9.59 Å². The lowest BCUT2D eigenvalue weighted by Crippen LogP contribution is -2.22. The largest absolute Gasteiger partial charge is 0.478 e. The van der Waals surface area contributed by atoms with Crippen molar-refractivity contribution in [1.82, 2.24) is 9.88 Å². The number of anilines is 2. The van der Waals surface area contributed by atoms with Gasteiger partial charge in [0.2, 0.25) is 0 Å². The number of aliphatic carboxylic acids is 2. The number of pyridine rings is 1. The zero-order valence-corrected chi connectivity index (χ0v) is 20.4. The van der Waals surface area contributed by atoms with E-state index in [-0.39, 0.29) is 0 Å². The number of hydrogen-bond donors (Lipinski definition) is 2. The van der Waals surface area contributed by atoms with Crippen molar-refractivity contribution >= 4 is 34.8 Å². The summed E-state index contributed by atoms with van der Waals surface area (Å²) < 4.78 is 0. The summed E-state index contributed by atoms with van der Waals surface area (Å²) in [6.07, 6.45) is 5.23. The first-order valence-corrected chi connectivity index (χ1v) is 11.6. The van der Waals surface area contributed by atoms with E-state index in [2.05, 4.69) is 78.5 Å². The van der Waals surface area contributed by atoms with Crippen LogP contribution in [0.2, 0.25) is 0 Å². The van der Waals surface area contributed by atoms with Crippen LogP contribution >= 0.6 is 0 Å². The van der Waals surface area contributed by atoms with Crippen LogP contribution in [0, 0.1) is 0 Å². The van der Waals surface area contributed by atoms with Crippen LogP contribution in [0.25, 0.3) is 0 Å². The quantitative estimate of drug-likeness (QED) is 0.349. The monoisotopic (exact) mass is 486 g/mol. The van der Waals surface area contributed by atoms with Crippen molar-refractivity contribution in [3.63, 3.8) is 0 Å². The van der Waals surface area contributed by atoms with Gasteiger partial charge in [-0.15, -0.1) is 0 Å². The van der Waals surface area contributed by atoms with Crippen molar-refractivity contribution in [3.8, 4) is 0 Å². The molecule has 1 aliphatic heterocycles. The van der Waals surface area contributed by atoms with Gasteiger partial charge in [0.25, 0.3) is 0 Å². The highest BCUT2D eigenvalue weighted by molar-refractivity contribution is 6.18. The van der Waals surface area contributed by atoms with Crippen molar-refractivity contribution < 1.29 is 19.8 Å². The average Bonchev–Trinajstić information content (AvgIpc) is 3.01. The molecule has 2 heterocycles. The first-order chi connectivity index (χ1) is 17.4. The topological polar surface area (TPSA) is 106 Å². The van der Waals surface area contributed by atoms with Crippen LogP contribution in [0.4, 0.5) is 17.2 Å². The van der Waals surface area contributed by atoms with Crippen molar-refractivity contribution in [2.45, 2.75) is 12.8 Å². The Hall–Kier alpha value is -4.30. The zero-order chi connectivity index (χ0) is 25.9. The second kappa shape index (κ2) is 13.0. The normalized spacial score (nSPS) is 12.2. The first-order valence-electron chi connectivity index (χ1n) is 11.6. The number of hydrogen-bond acceptors (Lipinski definition) is 6. The number of unbranched alkanes of at least 4 members (excludes halogenated alkanes) is 1. The third-order valence-electron chi connectivity index (χ3n) is 5.36. The Balaban J connectivity index is 0.000000392. The molecule has 0 saturated heterocycles. The van der Waals surface area contributed by atoms with Crippen LogP contribution in [0.5, 0.6) is 0 Å². The molecule has 1 aromatic heterocycles. The molecule has 0 unspecified atom stereocenters. The Morgan fingerprint density at radius 3 is 2.22 bits per heavy atom. The fourth-order valence-electron chi connectivity index (χ4n) is 3.77. The lowest BCUT2D eigenvalue weighted by Gasteiger charge is -2.25. The van der Waals surface area contributed by atoms with E-state index >= 15 is 0 Å². The molecule has 1 aliphatic rings. The van der Waals surface area contributed by atoms with E-state index in [0.29, 0.717) is 12.2 Å². The van der Waals surface area contributed by atoms with Crippen molar-refractivity contribution in [2.75, 3.05) is 32.1 Å². The summed E-state index contributed by atoms with van der Waals surface area (Å²) in [5.41, 5.74) is 5.37. The molecule has 8 heteroatoms. The Bertz CT molecular complexity index is 1220. The SMILES string of the molecule is CN(C)CCCCN1c2ccccc2C(c2ccccc2)=Nc2cccnc21.O=C(O)C=CC(=O)O. The number of aromatic nitrogens is 1. The Kier molecular flexibility index (Phi) is 9.48. The predicted octanol–water partition coefficient (Wildman–Crippen LogP) is 4.76. The van der Waals surface area contributed by atoms with Gasteiger partial charge in [-0.25, -0.2) is 19.6 Å². The third-order valence-corrected chi connectivity index (χ3v) is 5.36. The molecule has 0 saturated carbocycles. The maximum absolute atomic E-state index is 9.55. The number of para-hydroxylation sites is 1. The smallest absolute Gasteiger partial charge is 0.328 e. The van der Waals surface area contributed by atoms with Crippen LogP contribution < -0.4 is 4.90 Å². The standard InChI is InChI=1S/C24H26N4.C4H4O4/c1-27(2)17-8-9-18-28-22-15-7-6-13-20(22)23(19-11-4-3-5-12-19)26-21-14-10-16-25-24(21)28;5-3(6)1-2-4(7)8/h3-7,10-16H,8-9,17-18H2,1-2H3;1-2H,(H,5,6)(H,7,8). The molecular formula is C28H30N4O4. The van der Waals surface area contributed by atoms with E-state index in [1.165, 1.54) is 5.69 Å². The second-order valence-electron chi connectivity index (χ2n) is 8.36. The van der Waals surface area contributed by atoms with E-state index in [1.807, 2.05) is 18.3 Å². The number of carbonyl (C=O) groups is 2. The van der Waals surface area contributed by atoms with Gasteiger partial charge in [-0.2, -0.15) is 0 Å². The minimum atomic E-state index is -1.26. The van der Waals surface area contributed by atoms with E-state index < -0.39 is 11.9 Å². The molecule has 8 nitrogen and oxygen atoms in total. The van der Waals surface area contributed by atoms with Crippen LogP contribution in [-0.4, -0.2) is 64.9 Å². The van der Waals surface area contributed by atoms with Gasteiger partial charge in [-0.3, -0.25) is 0 Å². The number of benzene rings is 2. The summed E-state index contributed by atoms with van der Waals surface area (Å²) >= 11 is 0. The third kappa shape index (κ3) is 7.35. The molecule has 2 aromatic carbocycles. The fourth-order valence-corrected chi connectivity index (χ4v) is 3.77. The number of carboxylic acid groups (broad SMARTS) is 2. The van der Waals surface area contributed by atoms with E-state index in [1.54, 1.807) is 0 Å². The highest BCUT2D eigenvalue weighted by Gasteiger charge is 2.24. The molecule has 0 atom stereocenters. The number of fused-ring (bicyclic) bond motifs is 2. The van der Waals surface area contributed by atoms with Crippen molar-refractivity contribution in [1.29, 1.82) is 0 Å². The number of carboxylic acids is 2. The molecular weight excluding hydrogens is 456 g/mol. The second-order valence-corrected chi connectivity index (χ2v) is 8.36. The van der Waals surface area contributed by atoms with Gasteiger partial charge in [0.15, 0.2) is 5.82 Å². The molecule has 36 heavy (non-hydrogen) atoms. The molecule has 0 aliphatic carbocycles. The zero-order valence-electron chi connectivity index (χ0n) is 20.4. The van der Waals surface area contributed by atoms with Gasteiger partial charge >= 0.3 is 11.9 Å². The Morgan fingerprint density at radius 2 is 1.56 bits per heavy atom. The maximum atomic E-state index is 9.55. The summed E-state index contributed by atoms with van der Waals surface area (Å²) in [5, 5.41) is 15.6. The molecule has 4 rings (SSSR count). The van der Waals surface area contributed by atoms with Crippen LogP contribution in [0.15, 0.2) is 90.1 Å². The fraction of sp³-hybridized carbons (Fsp3) is 0.214. The highest BCUT2D eigenvalue weighted by atomic mass is 16.4. The molecule has 0 radical (unpaired) electrons. The molecule has 0 amide bonds. The first kappa shape index (κ1) is 26.3. The van der Waals surface area contributed by atoms with Crippen LogP contribution in [0.3, 0.4) is 0 Å². The maximum Gasteiger partial charge on any atom is 0.328 e. The van der Waals surface area contributed by atoms with Gasteiger partial charge < -0.3 is 20.0 Å². The Labute approximate surface area is 210 Å². The average molecular weight is 487 g/mol. The number of nitrogens with zero attached hydrogens (tertiary/aromatic N) is 4. The summed E-state index contributed by atoms with van der Waals surface area (Å²) in [4.78, 5) is 33.4. The minimum absolute atomic E-state index is 0.558. The summed E-state index contributed by atoms with van der Waals surface area (Å²) in [6.45, 7) is 2.02.